The summed E-state index contributed by atoms with van der Waals surface area (Å²) in [5, 5.41) is 11.4. The molecule has 0 aromatic heterocycles. The molecule has 6 nitrogen and oxygen atoms in total. The molecule has 2 aromatic rings. The number of hydrogen-bond donors (Lipinski definition) is 3. The van der Waals surface area contributed by atoms with Crippen molar-refractivity contribution in [3.63, 3.8) is 0 Å². The molecule has 0 unspecified atom stereocenters. The van der Waals surface area contributed by atoms with Gasteiger partial charge in [0.1, 0.15) is 12.6 Å². The van der Waals surface area contributed by atoms with Crippen LogP contribution in [0, 0.1) is 11.8 Å². The van der Waals surface area contributed by atoms with Crippen LogP contribution in [-0.4, -0.2) is 49.1 Å². The van der Waals surface area contributed by atoms with E-state index in [0.717, 1.165) is 24.2 Å². The molecule has 0 aliphatic heterocycles. The first kappa shape index (κ1) is 22.2. The molecule has 4 N–H and O–H groups in total. The maximum absolute atomic E-state index is 12.2. The summed E-state index contributed by atoms with van der Waals surface area (Å²) < 4.78 is 0. The molecule has 1 amide bonds. The lowest BCUT2D eigenvalue weighted by Crippen LogP contribution is -2.46. The number of aliphatic hydroxyl groups is 1. The van der Waals surface area contributed by atoms with E-state index in [1.807, 2.05) is 12.1 Å². The van der Waals surface area contributed by atoms with Crippen LogP contribution in [0.15, 0.2) is 48.5 Å². The van der Waals surface area contributed by atoms with Crippen LogP contribution < -0.4 is 16.0 Å². The quantitative estimate of drug-likeness (QED) is 0.592. The van der Waals surface area contributed by atoms with Crippen molar-refractivity contribution >= 4 is 17.4 Å². The van der Waals surface area contributed by atoms with Gasteiger partial charge < -0.3 is 21.1 Å². The van der Waals surface area contributed by atoms with E-state index in [1.165, 1.54) is 5.69 Å². The minimum absolute atomic E-state index is 0.0677. The predicted octanol–water partition coefficient (Wildman–Crippen LogP) is 1.55. The van der Waals surface area contributed by atoms with Crippen LogP contribution in [0.4, 0.5) is 5.69 Å². The van der Waals surface area contributed by atoms with Gasteiger partial charge in [-0.2, -0.15) is 0 Å². The van der Waals surface area contributed by atoms with E-state index in [-0.39, 0.29) is 6.54 Å². The molecule has 0 aliphatic rings. The molecule has 0 saturated heterocycles. The van der Waals surface area contributed by atoms with Gasteiger partial charge in [-0.1, -0.05) is 11.8 Å². The van der Waals surface area contributed by atoms with Crippen LogP contribution in [0.1, 0.15) is 35.3 Å². The highest BCUT2D eigenvalue weighted by molar-refractivity contribution is 5.98. The number of carbonyl (C=O) groups is 2. The Labute approximate surface area is 171 Å². The predicted molar refractivity (Wildman–Crippen MR) is 115 cm³/mol. The Morgan fingerprint density at radius 2 is 1.52 bits per heavy atom. The van der Waals surface area contributed by atoms with Crippen LogP contribution in [0.3, 0.4) is 0 Å². The lowest BCUT2D eigenvalue weighted by atomic mass is 10.1. The second kappa shape index (κ2) is 11.0. The summed E-state index contributed by atoms with van der Waals surface area (Å²) in [6.45, 7) is 5.45. The van der Waals surface area contributed by atoms with E-state index >= 15 is 0 Å². The van der Waals surface area contributed by atoms with Crippen molar-refractivity contribution in [3.05, 3.63) is 65.2 Å². The zero-order chi connectivity index (χ0) is 21.2. The average Bonchev–Trinajstić information content (AvgIpc) is 2.77. The zero-order valence-corrected chi connectivity index (χ0v) is 16.8. The largest absolute Gasteiger partial charge is 0.388 e. The molecule has 0 radical (unpaired) electrons. The van der Waals surface area contributed by atoms with Gasteiger partial charge in [0.05, 0.1) is 0 Å². The van der Waals surface area contributed by atoms with E-state index in [2.05, 4.69) is 48.0 Å². The third kappa shape index (κ3) is 6.18. The second-order valence-electron chi connectivity index (χ2n) is 6.43. The Kier molecular flexibility index (Phi) is 8.41. The molecule has 152 valence electrons. The van der Waals surface area contributed by atoms with Gasteiger partial charge in [0.25, 0.3) is 5.91 Å². The lowest BCUT2D eigenvalue weighted by molar-refractivity contribution is -0.123. The van der Waals surface area contributed by atoms with Gasteiger partial charge in [-0.05, 0) is 62.4 Å². The number of nitrogens with two attached hydrogens (primary N) is 1. The average molecular weight is 393 g/mol. The first-order valence-electron chi connectivity index (χ1n) is 9.63. The fourth-order valence-corrected chi connectivity index (χ4v) is 2.82. The van der Waals surface area contributed by atoms with E-state index in [9.17, 15) is 9.59 Å². The van der Waals surface area contributed by atoms with E-state index in [1.54, 1.807) is 24.3 Å². The van der Waals surface area contributed by atoms with Crippen molar-refractivity contribution in [2.24, 2.45) is 5.73 Å². The van der Waals surface area contributed by atoms with Crippen molar-refractivity contribution in [2.45, 2.75) is 19.9 Å². The molecule has 0 aliphatic carbocycles. The number of nitrogens with one attached hydrogen (secondary N) is 1. The highest BCUT2D eigenvalue weighted by Crippen LogP contribution is 2.14. The van der Waals surface area contributed by atoms with Crippen molar-refractivity contribution in [1.29, 1.82) is 0 Å². The fourth-order valence-electron chi connectivity index (χ4n) is 2.82. The van der Waals surface area contributed by atoms with Gasteiger partial charge in [-0.25, -0.2) is 0 Å². The number of carbonyl (C=O) groups excluding carboxylic acids is 2. The van der Waals surface area contributed by atoms with Crippen molar-refractivity contribution in [1.82, 2.24) is 5.32 Å². The molecule has 0 heterocycles. The third-order valence-electron chi connectivity index (χ3n) is 4.58. The van der Waals surface area contributed by atoms with E-state index in [4.69, 9.17) is 10.8 Å². The number of hydrogen-bond acceptors (Lipinski definition) is 5. The Balaban J connectivity index is 2.04. The summed E-state index contributed by atoms with van der Waals surface area (Å²) in [6, 6.07) is 14.0. The number of anilines is 1. The number of aliphatic hydroxyl groups excluding tert-OH is 1. The monoisotopic (exact) mass is 393 g/mol. The lowest BCUT2D eigenvalue weighted by Gasteiger charge is -2.20. The van der Waals surface area contributed by atoms with Crippen molar-refractivity contribution in [2.75, 3.05) is 31.1 Å². The van der Waals surface area contributed by atoms with E-state index in [0.29, 0.717) is 5.56 Å². The smallest absolute Gasteiger partial charge is 0.251 e. The summed E-state index contributed by atoms with van der Waals surface area (Å²) in [7, 11) is 0. The van der Waals surface area contributed by atoms with Gasteiger partial charge in [0.2, 0.25) is 0 Å². The first-order chi connectivity index (χ1) is 14.0. The Morgan fingerprint density at radius 1 is 1.00 bits per heavy atom. The molecular formula is C23H27N3O3. The molecule has 2 aromatic carbocycles. The molecule has 1 atom stereocenters. The summed E-state index contributed by atoms with van der Waals surface area (Å²) in [4.78, 5) is 26.0. The topological polar surface area (TPSA) is 95.7 Å². The second-order valence-corrected chi connectivity index (χ2v) is 6.43. The van der Waals surface area contributed by atoms with Crippen LogP contribution in [0.25, 0.3) is 0 Å². The Morgan fingerprint density at radius 3 is 1.97 bits per heavy atom. The number of ketones is 1. The van der Waals surface area contributed by atoms with Gasteiger partial charge in [-0.15, -0.1) is 0 Å². The van der Waals surface area contributed by atoms with Gasteiger partial charge in [-0.3, -0.25) is 9.59 Å². The number of benzene rings is 2. The summed E-state index contributed by atoms with van der Waals surface area (Å²) in [6.07, 6.45) is 0. The molecule has 0 spiro atoms. The standard InChI is InChI=1S/C23H27N3O3/c1-3-26(4-2)20-13-9-18(10-14-20)6-5-17-7-11-19(12-8-17)23(29)25-21(15-24)22(28)16-27/h7-14,21,27H,3-4,15-16,24H2,1-2H3,(H,25,29)/t21-/m0/s1. The molecular weight excluding hydrogens is 366 g/mol. The van der Waals surface area contributed by atoms with Crippen LogP contribution in [0.5, 0.6) is 0 Å². The summed E-state index contributed by atoms with van der Waals surface area (Å²) in [5.74, 6) is 5.26. The summed E-state index contributed by atoms with van der Waals surface area (Å²) >= 11 is 0. The highest BCUT2D eigenvalue weighted by Gasteiger charge is 2.18. The molecule has 6 heteroatoms. The van der Waals surface area contributed by atoms with Gasteiger partial charge >= 0.3 is 0 Å². The molecule has 0 bridgehead atoms. The number of amides is 1. The SMILES string of the molecule is CCN(CC)c1ccc(C#Cc2ccc(C(=O)N[C@@H](CN)C(=O)CO)cc2)cc1. The van der Waals surface area contributed by atoms with Gasteiger partial charge in [0, 0.05) is 42.0 Å². The van der Waals surface area contributed by atoms with Crippen LogP contribution >= 0.6 is 0 Å². The fraction of sp³-hybridized carbons (Fsp3) is 0.304. The molecule has 0 fully saturated rings. The molecule has 0 saturated carbocycles. The highest BCUT2D eigenvalue weighted by atomic mass is 16.3. The number of Topliss-reactive ketones (excluding diaryl/α,β-unsaturated/α-hetero) is 1. The Bertz CT molecular complexity index is 876. The number of nitrogens with zero attached hydrogens (tertiary/aromatic N) is 1. The van der Waals surface area contributed by atoms with E-state index < -0.39 is 24.3 Å². The van der Waals surface area contributed by atoms with Crippen LogP contribution in [-0.2, 0) is 4.79 Å². The van der Waals surface area contributed by atoms with Crippen molar-refractivity contribution < 1.29 is 14.7 Å². The molecule has 29 heavy (non-hydrogen) atoms. The minimum Gasteiger partial charge on any atom is -0.388 e. The first-order valence-corrected chi connectivity index (χ1v) is 9.63. The summed E-state index contributed by atoms with van der Waals surface area (Å²) in [5.41, 5.74) is 8.72. The third-order valence-corrected chi connectivity index (χ3v) is 4.58. The maximum atomic E-state index is 12.2. The van der Waals surface area contributed by atoms with Crippen molar-refractivity contribution in [3.8, 4) is 11.8 Å². The number of rotatable bonds is 8. The van der Waals surface area contributed by atoms with Gasteiger partial charge in [0.15, 0.2) is 5.78 Å². The maximum Gasteiger partial charge on any atom is 0.251 e. The Hall–Kier alpha value is -3.14. The zero-order valence-electron chi connectivity index (χ0n) is 16.8. The minimum atomic E-state index is -0.897. The molecule has 2 rings (SSSR count). The normalized spacial score (nSPS) is 11.2. The van der Waals surface area contributed by atoms with Crippen LogP contribution in [0.2, 0.25) is 0 Å².